The number of ether oxygens (including phenoxy) is 2. The van der Waals surface area contributed by atoms with Crippen LogP contribution in [-0.2, 0) is 9.47 Å². The van der Waals surface area contributed by atoms with Gasteiger partial charge in [-0.3, -0.25) is 0 Å². The molecule has 0 unspecified atom stereocenters. The molecule has 0 bridgehead atoms. The molecule has 0 aromatic heterocycles. The number of halogens is 2. The van der Waals surface area contributed by atoms with Crippen molar-refractivity contribution in [3.05, 3.63) is 10.1 Å². The van der Waals surface area contributed by atoms with E-state index in [4.69, 9.17) is 32.7 Å². The molecule has 1 rings (SSSR count). The van der Waals surface area contributed by atoms with Crippen LogP contribution in [0.15, 0.2) is 10.1 Å². The van der Waals surface area contributed by atoms with Crippen LogP contribution in [-0.4, -0.2) is 19.5 Å². The van der Waals surface area contributed by atoms with Gasteiger partial charge in [-0.2, -0.15) is 0 Å². The highest BCUT2D eigenvalue weighted by Gasteiger charge is 2.12. The molecule has 1 aliphatic heterocycles. The maximum atomic E-state index is 5.68. The molecule has 0 aliphatic carbocycles. The zero-order valence-electron chi connectivity index (χ0n) is 5.56. The van der Waals surface area contributed by atoms with Gasteiger partial charge in [-0.05, 0) is 6.92 Å². The summed E-state index contributed by atoms with van der Waals surface area (Å²) < 4.78 is 10.2. The second-order valence-electron chi connectivity index (χ2n) is 2.00. The third-order valence-electron chi connectivity index (χ3n) is 1.18. The third-order valence-corrected chi connectivity index (χ3v) is 1.96. The molecule has 0 saturated heterocycles. The molecule has 0 aromatic rings. The second-order valence-corrected chi connectivity index (χ2v) is 2.91. The molecule has 2 nitrogen and oxygen atoms in total. The molecule has 0 fully saturated rings. The van der Waals surface area contributed by atoms with E-state index in [1.165, 1.54) is 0 Å². The Morgan fingerprint density at radius 3 is 2.00 bits per heavy atom. The first-order valence-corrected chi connectivity index (χ1v) is 3.72. The minimum atomic E-state index is -0.218. The summed E-state index contributed by atoms with van der Waals surface area (Å²) in [5.41, 5.74) is 0. The van der Waals surface area contributed by atoms with Gasteiger partial charge in [0, 0.05) is 0 Å². The fourth-order valence-corrected chi connectivity index (χ4v) is 0.821. The Hall–Kier alpha value is 0.240. The van der Waals surface area contributed by atoms with E-state index in [0.717, 1.165) is 0 Å². The van der Waals surface area contributed by atoms with Crippen LogP contribution in [0, 0.1) is 0 Å². The lowest BCUT2D eigenvalue weighted by Crippen LogP contribution is -2.10. The fourth-order valence-electron chi connectivity index (χ4n) is 0.586. The summed E-state index contributed by atoms with van der Waals surface area (Å²) in [5.74, 6) is 0. The molecule has 0 radical (unpaired) electrons. The molecule has 1 heterocycles. The van der Waals surface area contributed by atoms with E-state index < -0.39 is 0 Å². The predicted octanol–water partition coefficient (Wildman–Crippen LogP) is 2.07. The molecule has 0 N–H and O–H groups in total. The molecule has 1 aliphatic rings. The summed E-state index contributed by atoms with van der Waals surface area (Å²) in [7, 11) is 0. The van der Waals surface area contributed by atoms with E-state index in [9.17, 15) is 0 Å². The van der Waals surface area contributed by atoms with Gasteiger partial charge in [0.05, 0.1) is 23.3 Å². The molecular formula is C6H8Cl2O2. The topological polar surface area (TPSA) is 18.5 Å². The van der Waals surface area contributed by atoms with Crippen LogP contribution in [0.2, 0.25) is 0 Å². The van der Waals surface area contributed by atoms with Gasteiger partial charge in [-0.15, -0.1) is 0 Å². The van der Waals surface area contributed by atoms with Gasteiger partial charge in [0.2, 0.25) is 0 Å². The average Bonchev–Trinajstić information content (AvgIpc) is 2.04. The molecule has 0 spiro atoms. The minimum Gasteiger partial charge on any atom is -0.347 e. The smallest absolute Gasteiger partial charge is 0.155 e. The summed E-state index contributed by atoms with van der Waals surface area (Å²) in [6.45, 7) is 2.50. The van der Waals surface area contributed by atoms with Crippen molar-refractivity contribution in [2.24, 2.45) is 0 Å². The first-order chi connectivity index (χ1) is 4.70. The SMILES string of the molecule is CC1OCC(Cl)=C(Cl)CO1. The summed E-state index contributed by atoms with van der Waals surface area (Å²) in [5, 5.41) is 1.07. The Bertz CT molecular complexity index is 140. The third kappa shape index (κ3) is 2.13. The monoisotopic (exact) mass is 182 g/mol. The predicted molar refractivity (Wildman–Crippen MR) is 40.1 cm³/mol. The van der Waals surface area contributed by atoms with E-state index >= 15 is 0 Å². The van der Waals surface area contributed by atoms with E-state index in [1.54, 1.807) is 6.92 Å². The zero-order valence-corrected chi connectivity index (χ0v) is 7.08. The number of rotatable bonds is 0. The van der Waals surface area contributed by atoms with Crippen LogP contribution in [0.25, 0.3) is 0 Å². The van der Waals surface area contributed by atoms with Gasteiger partial charge in [0.1, 0.15) is 0 Å². The lowest BCUT2D eigenvalue weighted by molar-refractivity contribution is -0.109. The average molecular weight is 183 g/mol. The quantitative estimate of drug-likeness (QED) is 0.572. The van der Waals surface area contributed by atoms with E-state index in [-0.39, 0.29) is 6.29 Å². The van der Waals surface area contributed by atoms with Crippen LogP contribution in [0.1, 0.15) is 6.92 Å². The van der Waals surface area contributed by atoms with Gasteiger partial charge in [0.15, 0.2) is 6.29 Å². The van der Waals surface area contributed by atoms with Gasteiger partial charge in [-0.25, -0.2) is 0 Å². The molecule has 0 atom stereocenters. The Labute approximate surface area is 69.7 Å². The van der Waals surface area contributed by atoms with Crippen LogP contribution < -0.4 is 0 Å². The second kappa shape index (κ2) is 3.58. The van der Waals surface area contributed by atoms with Crippen molar-refractivity contribution in [2.75, 3.05) is 13.2 Å². The molecule has 0 saturated carbocycles. The maximum absolute atomic E-state index is 5.68. The van der Waals surface area contributed by atoms with Gasteiger partial charge in [0.25, 0.3) is 0 Å². The van der Waals surface area contributed by atoms with Crippen LogP contribution in [0.5, 0.6) is 0 Å². The summed E-state index contributed by atoms with van der Waals surface area (Å²) in [6.07, 6.45) is -0.218. The highest BCUT2D eigenvalue weighted by molar-refractivity contribution is 6.39. The fraction of sp³-hybridized carbons (Fsp3) is 0.667. The molecule has 58 valence electrons. The number of hydrogen-bond donors (Lipinski definition) is 0. The Morgan fingerprint density at radius 1 is 1.20 bits per heavy atom. The van der Waals surface area contributed by atoms with Crippen LogP contribution in [0.3, 0.4) is 0 Å². The van der Waals surface area contributed by atoms with Gasteiger partial charge in [-0.1, -0.05) is 23.2 Å². The first-order valence-electron chi connectivity index (χ1n) is 2.96. The lowest BCUT2D eigenvalue weighted by atomic mass is 10.5. The van der Waals surface area contributed by atoms with Crippen LogP contribution >= 0.6 is 23.2 Å². The van der Waals surface area contributed by atoms with Crippen molar-refractivity contribution in [3.63, 3.8) is 0 Å². The van der Waals surface area contributed by atoms with Crippen molar-refractivity contribution in [1.82, 2.24) is 0 Å². The maximum Gasteiger partial charge on any atom is 0.155 e. The molecule has 0 aromatic carbocycles. The Balaban J connectivity index is 2.55. The molecular weight excluding hydrogens is 175 g/mol. The molecule has 0 amide bonds. The van der Waals surface area contributed by atoms with Crippen molar-refractivity contribution >= 4 is 23.2 Å². The Kier molecular flexibility index (Phi) is 2.98. The van der Waals surface area contributed by atoms with Crippen molar-refractivity contribution in [3.8, 4) is 0 Å². The molecule has 10 heavy (non-hydrogen) atoms. The standard InChI is InChI=1S/C6H8Cl2O2/c1-4-9-2-5(7)6(8)3-10-4/h4H,2-3H2,1H3. The summed E-state index contributed by atoms with van der Waals surface area (Å²) >= 11 is 11.4. The normalized spacial score (nSPS) is 23.1. The van der Waals surface area contributed by atoms with E-state index in [0.29, 0.717) is 23.3 Å². The molecule has 4 heteroatoms. The highest BCUT2D eigenvalue weighted by Crippen LogP contribution is 2.19. The van der Waals surface area contributed by atoms with Crippen LogP contribution in [0.4, 0.5) is 0 Å². The highest BCUT2D eigenvalue weighted by atomic mass is 35.5. The van der Waals surface area contributed by atoms with E-state index in [1.807, 2.05) is 0 Å². The largest absolute Gasteiger partial charge is 0.347 e. The Morgan fingerprint density at radius 2 is 1.60 bits per heavy atom. The van der Waals surface area contributed by atoms with Crippen molar-refractivity contribution in [1.29, 1.82) is 0 Å². The lowest BCUT2D eigenvalue weighted by Gasteiger charge is -2.07. The van der Waals surface area contributed by atoms with E-state index in [2.05, 4.69) is 0 Å². The first kappa shape index (κ1) is 8.34. The van der Waals surface area contributed by atoms with Gasteiger partial charge < -0.3 is 9.47 Å². The number of hydrogen-bond acceptors (Lipinski definition) is 2. The van der Waals surface area contributed by atoms with Crippen molar-refractivity contribution < 1.29 is 9.47 Å². The minimum absolute atomic E-state index is 0.218. The van der Waals surface area contributed by atoms with Gasteiger partial charge >= 0.3 is 0 Å². The summed E-state index contributed by atoms with van der Waals surface area (Å²) in [4.78, 5) is 0. The summed E-state index contributed by atoms with van der Waals surface area (Å²) in [6, 6.07) is 0. The van der Waals surface area contributed by atoms with Crippen molar-refractivity contribution in [2.45, 2.75) is 13.2 Å². The zero-order chi connectivity index (χ0) is 7.56.